The first-order chi connectivity index (χ1) is 17.1. The lowest BCUT2D eigenvalue weighted by Crippen LogP contribution is -2.58. The average Bonchev–Trinajstić information content (AvgIpc) is 3.15. The highest BCUT2D eigenvalue weighted by Gasteiger charge is 2.42. The van der Waals surface area contributed by atoms with Gasteiger partial charge in [0.25, 0.3) is 0 Å². The van der Waals surface area contributed by atoms with Crippen molar-refractivity contribution in [3.05, 3.63) is 70.4 Å². The molecule has 2 aliphatic heterocycles. The molecular weight excluding hydrogens is 468 g/mol. The number of nitrogens with two attached hydrogens (primary N) is 1. The third-order valence-electron chi connectivity index (χ3n) is 7.62. The number of rotatable bonds is 7. The Hall–Kier alpha value is -2.42. The van der Waals surface area contributed by atoms with Gasteiger partial charge in [0, 0.05) is 53.9 Å². The molecule has 0 bridgehead atoms. The summed E-state index contributed by atoms with van der Waals surface area (Å²) in [6, 6.07) is 8.94. The molecule has 3 aromatic rings. The molecule has 0 saturated carbocycles. The van der Waals surface area contributed by atoms with Gasteiger partial charge < -0.3 is 10.7 Å². The van der Waals surface area contributed by atoms with E-state index >= 15 is 8.78 Å². The van der Waals surface area contributed by atoms with Gasteiger partial charge in [-0.25, -0.2) is 13.2 Å². The van der Waals surface area contributed by atoms with Gasteiger partial charge in [-0.05, 0) is 62.9 Å². The number of hydrogen-bond acceptors (Lipinski definition) is 3. The van der Waals surface area contributed by atoms with Crippen LogP contribution in [0, 0.1) is 11.6 Å². The second-order valence-corrected chi connectivity index (χ2v) is 11.0. The molecule has 0 radical (unpaired) electrons. The molecule has 2 unspecified atom stereocenters. The predicted molar refractivity (Wildman–Crippen MR) is 134 cm³/mol. The number of aromatic amines is 1. The maximum Gasteiger partial charge on any atom is 0.131 e. The van der Waals surface area contributed by atoms with E-state index in [-0.39, 0.29) is 30.2 Å². The van der Waals surface area contributed by atoms with Crippen molar-refractivity contribution in [2.24, 2.45) is 5.73 Å². The molecule has 2 aliphatic rings. The van der Waals surface area contributed by atoms with E-state index in [2.05, 4.69) is 4.98 Å². The van der Waals surface area contributed by atoms with Crippen molar-refractivity contribution in [3.8, 4) is 0 Å². The van der Waals surface area contributed by atoms with E-state index in [1.807, 2.05) is 41.0 Å². The number of nitrogens with zero attached hydrogens (tertiary/aromatic N) is 2. The highest BCUT2D eigenvalue weighted by atomic mass is 19.1. The Labute approximate surface area is 209 Å². The van der Waals surface area contributed by atoms with Gasteiger partial charge in [-0.2, -0.15) is 0 Å². The summed E-state index contributed by atoms with van der Waals surface area (Å²) in [6.07, 6.45) is 0.997. The van der Waals surface area contributed by atoms with Crippen LogP contribution >= 0.6 is 0 Å². The van der Waals surface area contributed by atoms with Crippen LogP contribution in [0.1, 0.15) is 61.7 Å². The lowest BCUT2D eigenvalue weighted by molar-refractivity contribution is 0.0576. The van der Waals surface area contributed by atoms with Gasteiger partial charge in [0.05, 0.1) is 18.8 Å². The zero-order valence-electron chi connectivity index (χ0n) is 21.0. The molecule has 1 fully saturated rings. The first-order valence-corrected chi connectivity index (χ1v) is 12.7. The largest absolute Gasteiger partial charge is 0.357 e. The van der Waals surface area contributed by atoms with Gasteiger partial charge in [0.15, 0.2) is 0 Å². The molecule has 3 N–H and O–H groups in total. The fourth-order valence-electron chi connectivity index (χ4n) is 6.10. The average molecular weight is 503 g/mol. The quantitative estimate of drug-likeness (QED) is 0.415. The number of fused-ring (bicyclic) bond motifs is 3. The molecule has 5 rings (SSSR count). The molecule has 0 aliphatic carbocycles. The normalized spacial score (nSPS) is 25.2. The van der Waals surface area contributed by atoms with Gasteiger partial charge >= 0.3 is 0 Å². The van der Waals surface area contributed by atoms with E-state index in [1.54, 1.807) is 0 Å². The van der Waals surface area contributed by atoms with Crippen LogP contribution in [0.15, 0.2) is 36.4 Å². The maximum atomic E-state index is 15.9. The minimum Gasteiger partial charge on any atom is -0.357 e. The molecule has 36 heavy (non-hydrogen) atoms. The monoisotopic (exact) mass is 502 g/mol. The van der Waals surface area contributed by atoms with Gasteiger partial charge in [0.1, 0.15) is 17.3 Å². The minimum absolute atomic E-state index is 0.0266. The Morgan fingerprint density at radius 1 is 1.14 bits per heavy atom. The molecule has 1 aromatic heterocycles. The summed E-state index contributed by atoms with van der Waals surface area (Å²) in [4.78, 5) is 7.21. The van der Waals surface area contributed by atoms with Crippen molar-refractivity contribution in [1.82, 2.24) is 14.8 Å². The number of halogens is 4. The lowest BCUT2D eigenvalue weighted by atomic mass is 9.85. The van der Waals surface area contributed by atoms with Crippen molar-refractivity contribution < 1.29 is 17.6 Å². The molecule has 194 valence electrons. The Kier molecular flexibility index (Phi) is 6.64. The minimum atomic E-state index is -1.56. The number of H-pyrrole nitrogens is 1. The summed E-state index contributed by atoms with van der Waals surface area (Å²) in [5.41, 5.74) is 7.58. The number of likely N-dealkylation sites (tertiary alicyclic amines) is 1. The van der Waals surface area contributed by atoms with Gasteiger partial charge in [-0.1, -0.05) is 18.2 Å². The Bertz CT molecular complexity index is 1230. The fraction of sp³-hybridized carbons (Fsp3) is 0.500. The summed E-state index contributed by atoms with van der Waals surface area (Å²) in [5, 5.41) is 1.02. The fourth-order valence-corrected chi connectivity index (χ4v) is 6.10. The van der Waals surface area contributed by atoms with Crippen LogP contribution in [-0.2, 0) is 6.42 Å². The third kappa shape index (κ3) is 4.44. The van der Waals surface area contributed by atoms with Gasteiger partial charge in [-0.15, -0.1) is 0 Å². The molecule has 4 atom stereocenters. The van der Waals surface area contributed by atoms with E-state index in [0.29, 0.717) is 37.2 Å². The second-order valence-electron chi connectivity index (χ2n) is 11.0. The van der Waals surface area contributed by atoms with Crippen LogP contribution in [0.25, 0.3) is 10.9 Å². The predicted octanol–water partition coefficient (Wildman–Crippen LogP) is 5.57. The van der Waals surface area contributed by atoms with E-state index in [0.717, 1.165) is 16.5 Å². The number of benzene rings is 2. The SMILES string of the molecule is C[C@@H]1Cc2c([nH]c3ccccc23)[C@@H](c2c(F)cc(C3C(N)CN3CCCF)cc2F)N1CC(C)(C)F. The van der Waals surface area contributed by atoms with Crippen molar-refractivity contribution in [3.63, 3.8) is 0 Å². The van der Waals surface area contributed by atoms with Crippen LogP contribution in [0.2, 0.25) is 0 Å². The van der Waals surface area contributed by atoms with Gasteiger partial charge in [0.2, 0.25) is 0 Å². The first kappa shape index (κ1) is 25.2. The van der Waals surface area contributed by atoms with Crippen LogP contribution in [0.5, 0.6) is 0 Å². The number of aromatic nitrogens is 1. The molecular formula is C28H34F4N4. The van der Waals surface area contributed by atoms with E-state index in [1.165, 1.54) is 26.0 Å². The van der Waals surface area contributed by atoms with Crippen LogP contribution in [-0.4, -0.2) is 58.8 Å². The second kappa shape index (κ2) is 9.47. The summed E-state index contributed by atoms with van der Waals surface area (Å²) in [6.45, 7) is 5.57. The molecule has 0 spiro atoms. The molecule has 2 aromatic carbocycles. The Morgan fingerprint density at radius 3 is 2.47 bits per heavy atom. The summed E-state index contributed by atoms with van der Waals surface area (Å²) >= 11 is 0. The number of hydrogen-bond donors (Lipinski definition) is 2. The molecule has 3 heterocycles. The first-order valence-electron chi connectivity index (χ1n) is 12.7. The maximum absolute atomic E-state index is 15.9. The summed E-state index contributed by atoms with van der Waals surface area (Å²) < 4.78 is 59.5. The number of para-hydroxylation sites is 1. The Balaban J connectivity index is 1.61. The van der Waals surface area contributed by atoms with Crippen LogP contribution < -0.4 is 5.73 Å². The number of alkyl halides is 2. The van der Waals surface area contributed by atoms with Crippen LogP contribution in [0.3, 0.4) is 0 Å². The van der Waals surface area contributed by atoms with Crippen molar-refractivity contribution in [1.29, 1.82) is 0 Å². The smallest absolute Gasteiger partial charge is 0.131 e. The molecule has 0 amide bonds. The van der Waals surface area contributed by atoms with Gasteiger partial charge in [-0.3, -0.25) is 14.2 Å². The lowest BCUT2D eigenvalue weighted by Gasteiger charge is -2.47. The van der Waals surface area contributed by atoms with Crippen LogP contribution in [0.4, 0.5) is 17.6 Å². The molecule has 8 heteroatoms. The van der Waals surface area contributed by atoms with E-state index in [9.17, 15) is 8.78 Å². The van der Waals surface area contributed by atoms with Crippen molar-refractivity contribution in [2.75, 3.05) is 26.3 Å². The Morgan fingerprint density at radius 2 is 1.83 bits per heavy atom. The van der Waals surface area contributed by atoms with Crippen molar-refractivity contribution in [2.45, 2.75) is 63.4 Å². The van der Waals surface area contributed by atoms with Crippen molar-refractivity contribution >= 4 is 10.9 Å². The zero-order valence-corrected chi connectivity index (χ0v) is 21.0. The highest BCUT2D eigenvalue weighted by molar-refractivity contribution is 5.85. The molecule has 1 saturated heterocycles. The highest BCUT2D eigenvalue weighted by Crippen LogP contribution is 2.44. The third-order valence-corrected chi connectivity index (χ3v) is 7.62. The summed E-state index contributed by atoms with van der Waals surface area (Å²) in [5.74, 6) is -1.36. The topological polar surface area (TPSA) is 48.3 Å². The molecule has 4 nitrogen and oxygen atoms in total. The zero-order chi connectivity index (χ0) is 25.8. The van der Waals surface area contributed by atoms with E-state index in [4.69, 9.17) is 5.73 Å². The van der Waals surface area contributed by atoms with E-state index < -0.39 is 30.0 Å². The summed E-state index contributed by atoms with van der Waals surface area (Å²) in [7, 11) is 0. The number of nitrogens with one attached hydrogen (secondary N) is 1. The standard InChI is InChI=1S/C28H34F4N4/c1-16-11-19-18-7-4-5-8-23(18)34-25(19)27(36(16)15-28(2,3)32)24-20(30)12-17(13-21(24)31)26-22(33)14-35(26)10-6-9-29/h4-5,7-8,12-13,16,22,26-27,34H,6,9-11,14-15,33H2,1-3H3/t16-,22?,26?,27-/m1/s1.